The van der Waals surface area contributed by atoms with E-state index in [1.807, 2.05) is 41.1 Å². The highest BCUT2D eigenvalue weighted by Crippen LogP contribution is 2.31. The van der Waals surface area contributed by atoms with Crippen LogP contribution in [0, 0.1) is 0 Å². The van der Waals surface area contributed by atoms with Gasteiger partial charge >= 0.3 is 0 Å². The maximum Gasteiger partial charge on any atom is 0.220 e. The molecule has 3 aromatic carbocycles. The summed E-state index contributed by atoms with van der Waals surface area (Å²) < 4.78 is 2.00. The summed E-state index contributed by atoms with van der Waals surface area (Å²) >= 11 is 6.27. The van der Waals surface area contributed by atoms with E-state index in [0.29, 0.717) is 18.0 Å². The SMILES string of the molecule is O=C(CCCn1nc(-c2ccccc2)c2cc(Cl)ccc21)N[C@H]1CCCc2ccccc21. The number of amides is 1. The zero-order valence-corrected chi connectivity index (χ0v) is 18.7. The first-order valence-electron chi connectivity index (χ1n) is 11.3. The standard InChI is InChI=1S/C27H26ClN3O/c28-21-15-16-25-23(18-21)27(20-9-2-1-3-10-20)30-31(25)17-7-14-26(32)29-24-13-6-11-19-8-4-5-12-22(19)24/h1-5,8-10,12,15-16,18,24H,6-7,11,13-14,17H2,(H,29,32)/t24-/m0/s1. The largest absolute Gasteiger partial charge is 0.349 e. The normalized spacial score (nSPS) is 15.5. The van der Waals surface area contributed by atoms with Crippen molar-refractivity contribution in [3.05, 3.63) is 88.9 Å². The number of nitrogens with one attached hydrogen (secondary N) is 1. The van der Waals surface area contributed by atoms with Crippen molar-refractivity contribution in [2.75, 3.05) is 0 Å². The third kappa shape index (κ3) is 4.28. The summed E-state index contributed by atoms with van der Waals surface area (Å²) in [6, 6.07) is 24.6. The zero-order chi connectivity index (χ0) is 21.9. The van der Waals surface area contributed by atoms with Crippen LogP contribution in [-0.2, 0) is 17.8 Å². The van der Waals surface area contributed by atoms with Crippen LogP contribution < -0.4 is 5.32 Å². The van der Waals surface area contributed by atoms with Crippen molar-refractivity contribution in [2.24, 2.45) is 0 Å². The molecule has 4 aromatic rings. The molecule has 1 N–H and O–H groups in total. The molecule has 0 bridgehead atoms. The van der Waals surface area contributed by atoms with Gasteiger partial charge in [-0.05, 0) is 55.0 Å². The van der Waals surface area contributed by atoms with Crippen molar-refractivity contribution in [1.82, 2.24) is 15.1 Å². The molecule has 162 valence electrons. The average molecular weight is 444 g/mol. The van der Waals surface area contributed by atoms with Gasteiger partial charge in [0.2, 0.25) is 5.91 Å². The number of carbonyl (C=O) groups is 1. The number of rotatable bonds is 6. The first-order chi connectivity index (χ1) is 15.7. The summed E-state index contributed by atoms with van der Waals surface area (Å²) in [5.41, 5.74) is 5.65. The fourth-order valence-electron chi connectivity index (χ4n) is 4.69. The smallest absolute Gasteiger partial charge is 0.220 e. The second kappa shape index (κ2) is 9.17. The molecule has 4 nitrogen and oxygen atoms in total. The Bertz CT molecular complexity index is 1250. The Morgan fingerprint density at radius 2 is 1.88 bits per heavy atom. The Hall–Kier alpha value is -3.11. The first kappa shape index (κ1) is 20.8. The minimum absolute atomic E-state index is 0.106. The van der Waals surface area contributed by atoms with Gasteiger partial charge in [-0.25, -0.2) is 0 Å². The van der Waals surface area contributed by atoms with Crippen LogP contribution in [0.4, 0.5) is 0 Å². The van der Waals surface area contributed by atoms with Crippen molar-refractivity contribution < 1.29 is 4.79 Å². The number of halogens is 1. The Labute approximate surface area is 193 Å². The summed E-state index contributed by atoms with van der Waals surface area (Å²) in [6.07, 6.45) is 4.44. The molecule has 1 atom stereocenters. The van der Waals surface area contributed by atoms with Gasteiger partial charge in [0.05, 0.1) is 11.6 Å². The van der Waals surface area contributed by atoms with Crippen LogP contribution in [0.15, 0.2) is 72.8 Å². The number of aromatic nitrogens is 2. The Balaban J connectivity index is 1.28. The second-order valence-corrected chi connectivity index (χ2v) is 8.85. The predicted octanol–water partition coefficient (Wildman–Crippen LogP) is 6.33. The number of hydrogen-bond donors (Lipinski definition) is 1. The maximum absolute atomic E-state index is 12.7. The van der Waals surface area contributed by atoms with E-state index in [4.69, 9.17) is 16.7 Å². The quantitative estimate of drug-likeness (QED) is 0.378. The van der Waals surface area contributed by atoms with E-state index in [1.54, 1.807) is 0 Å². The lowest BCUT2D eigenvalue weighted by molar-refractivity contribution is -0.122. The first-order valence-corrected chi connectivity index (χ1v) is 11.7. The highest BCUT2D eigenvalue weighted by atomic mass is 35.5. The van der Waals surface area contributed by atoms with Crippen LogP contribution in [0.25, 0.3) is 22.2 Å². The van der Waals surface area contributed by atoms with Crippen LogP contribution in [0.3, 0.4) is 0 Å². The van der Waals surface area contributed by atoms with Crippen molar-refractivity contribution in [1.29, 1.82) is 0 Å². The third-order valence-electron chi connectivity index (χ3n) is 6.24. The molecule has 1 aromatic heterocycles. The topological polar surface area (TPSA) is 46.9 Å². The fourth-order valence-corrected chi connectivity index (χ4v) is 4.86. The van der Waals surface area contributed by atoms with Crippen molar-refractivity contribution in [3.8, 4) is 11.3 Å². The molecule has 1 amide bonds. The molecular formula is C27H26ClN3O. The average Bonchev–Trinajstić information content (AvgIpc) is 3.17. The van der Waals surface area contributed by atoms with Gasteiger partial charge in [0.25, 0.3) is 0 Å². The molecule has 0 aliphatic heterocycles. The highest BCUT2D eigenvalue weighted by Gasteiger charge is 2.21. The minimum atomic E-state index is 0.106. The maximum atomic E-state index is 12.7. The van der Waals surface area contributed by atoms with Gasteiger partial charge < -0.3 is 5.32 Å². The molecular weight excluding hydrogens is 418 g/mol. The second-order valence-electron chi connectivity index (χ2n) is 8.41. The molecule has 5 heteroatoms. The lowest BCUT2D eigenvalue weighted by atomic mass is 9.87. The molecule has 1 aliphatic rings. The molecule has 0 fully saturated rings. The van der Waals surface area contributed by atoms with E-state index in [-0.39, 0.29) is 11.9 Å². The molecule has 1 aliphatic carbocycles. The summed E-state index contributed by atoms with van der Waals surface area (Å²) in [5.74, 6) is 0.106. The molecule has 0 radical (unpaired) electrons. The van der Waals surface area contributed by atoms with Gasteiger partial charge in [-0.1, -0.05) is 66.2 Å². The molecule has 5 rings (SSSR count). The summed E-state index contributed by atoms with van der Waals surface area (Å²) in [6.45, 7) is 0.680. The van der Waals surface area contributed by atoms with E-state index in [1.165, 1.54) is 11.1 Å². The lowest BCUT2D eigenvalue weighted by Gasteiger charge is -2.26. The number of carbonyl (C=O) groups excluding carboxylic acids is 1. The fraction of sp³-hybridized carbons (Fsp3) is 0.259. The van der Waals surface area contributed by atoms with Gasteiger partial charge in [0.15, 0.2) is 0 Å². The van der Waals surface area contributed by atoms with E-state index < -0.39 is 0 Å². The van der Waals surface area contributed by atoms with Crippen molar-refractivity contribution in [2.45, 2.75) is 44.7 Å². The van der Waals surface area contributed by atoms with E-state index in [9.17, 15) is 4.79 Å². The number of aryl methyl sites for hydroxylation is 2. The monoisotopic (exact) mass is 443 g/mol. The van der Waals surface area contributed by atoms with Crippen LogP contribution in [0.5, 0.6) is 0 Å². The van der Waals surface area contributed by atoms with Crippen LogP contribution in [0.2, 0.25) is 5.02 Å². The predicted molar refractivity (Wildman–Crippen MR) is 130 cm³/mol. The molecule has 0 spiro atoms. The number of fused-ring (bicyclic) bond motifs is 2. The Morgan fingerprint density at radius 3 is 2.75 bits per heavy atom. The van der Waals surface area contributed by atoms with E-state index in [2.05, 4.69) is 41.7 Å². The van der Waals surface area contributed by atoms with Crippen LogP contribution >= 0.6 is 11.6 Å². The number of benzene rings is 3. The molecule has 0 saturated heterocycles. The summed E-state index contributed by atoms with van der Waals surface area (Å²) in [7, 11) is 0. The van der Waals surface area contributed by atoms with E-state index in [0.717, 1.165) is 47.8 Å². The number of hydrogen-bond acceptors (Lipinski definition) is 2. The summed E-state index contributed by atoms with van der Waals surface area (Å²) in [5, 5.41) is 9.85. The minimum Gasteiger partial charge on any atom is -0.349 e. The summed E-state index contributed by atoms with van der Waals surface area (Å²) in [4.78, 5) is 12.7. The third-order valence-corrected chi connectivity index (χ3v) is 6.47. The Kier molecular flexibility index (Phi) is 5.95. The molecule has 0 saturated carbocycles. The van der Waals surface area contributed by atoms with Crippen LogP contribution in [-0.4, -0.2) is 15.7 Å². The molecule has 0 unspecified atom stereocenters. The highest BCUT2D eigenvalue weighted by molar-refractivity contribution is 6.31. The molecule has 32 heavy (non-hydrogen) atoms. The van der Waals surface area contributed by atoms with Crippen molar-refractivity contribution >= 4 is 28.4 Å². The lowest BCUT2D eigenvalue weighted by Crippen LogP contribution is -2.30. The van der Waals surface area contributed by atoms with Gasteiger partial charge in [-0.2, -0.15) is 5.10 Å². The van der Waals surface area contributed by atoms with Crippen molar-refractivity contribution in [3.63, 3.8) is 0 Å². The zero-order valence-electron chi connectivity index (χ0n) is 17.9. The Morgan fingerprint density at radius 1 is 1.06 bits per heavy atom. The van der Waals surface area contributed by atoms with Gasteiger partial charge in [-0.3, -0.25) is 9.48 Å². The van der Waals surface area contributed by atoms with Crippen LogP contribution in [0.1, 0.15) is 42.9 Å². The van der Waals surface area contributed by atoms with E-state index >= 15 is 0 Å². The number of nitrogens with zero attached hydrogens (tertiary/aromatic N) is 2. The van der Waals surface area contributed by atoms with Gasteiger partial charge in [0.1, 0.15) is 5.69 Å². The van der Waals surface area contributed by atoms with Gasteiger partial charge in [-0.15, -0.1) is 0 Å². The van der Waals surface area contributed by atoms with Gasteiger partial charge in [0, 0.05) is 28.9 Å². The molecule has 1 heterocycles.